The van der Waals surface area contributed by atoms with Gasteiger partial charge in [0, 0.05) is 13.2 Å². The molecular weight excluding hydrogens is 274 g/mol. The number of para-hydroxylation sites is 1. The molecule has 1 aliphatic heterocycles. The topological polar surface area (TPSA) is 72.9 Å². The van der Waals surface area contributed by atoms with Crippen LogP contribution < -0.4 is 4.74 Å². The van der Waals surface area contributed by atoms with Crippen molar-refractivity contribution in [3.63, 3.8) is 0 Å². The molecule has 0 radical (unpaired) electrons. The van der Waals surface area contributed by atoms with E-state index >= 15 is 0 Å². The van der Waals surface area contributed by atoms with Gasteiger partial charge < -0.3 is 14.4 Å². The van der Waals surface area contributed by atoms with Crippen LogP contribution in [0.15, 0.2) is 36.0 Å². The van der Waals surface area contributed by atoms with Crippen molar-refractivity contribution in [2.24, 2.45) is 0 Å². The molecule has 0 saturated heterocycles. The summed E-state index contributed by atoms with van der Waals surface area (Å²) in [6, 6.07) is 6.52. The highest BCUT2D eigenvalue weighted by molar-refractivity contribution is 6.27. The second-order valence-electron chi connectivity index (χ2n) is 4.48. The molecule has 21 heavy (non-hydrogen) atoms. The minimum absolute atomic E-state index is 0.0560. The Kier molecular flexibility index (Phi) is 4.37. The summed E-state index contributed by atoms with van der Waals surface area (Å²) in [6.07, 6.45) is 1.30. The Balaban J connectivity index is 2.20. The molecule has 6 heteroatoms. The molecule has 0 unspecified atom stereocenters. The van der Waals surface area contributed by atoms with E-state index in [0.29, 0.717) is 5.56 Å². The zero-order valence-corrected chi connectivity index (χ0v) is 11.8. The first kappa shape index (κ1) is 14.8. The first-order valence-corrected chi connectivity index (χ1v) is 6.46. The number of esters is 2. The summed E-state index contributed by atoms with van der Waals surface area (Å²) in [6.45, 7) is 1.92. The third-order valence-electron chi connectivity index (χ3n) is 2.83. The van der Waals surface area contributed by atoms with Crippen molar-refractivity contribution in [2.75, 3.05) is 20.2 Å². The van der Waals surface area contributed by atoms with E-state index in [1.54, 1.807) is 38.2 Å². The second-order valence-corrected chi connectivity index (χ2v) is 4.48. The molecule has 1 aromatic carbocycles. The number of benzene rings is 1. The maximum absolute atomic E-state index is 12.3. The van der Waals surface area contributed by atoms with Crippen molar-refractivity contribution in [3.05, 3.63) is 41.6 Å². The lowest BCUT2D eigenvalue weighted by Crippen LogP contribution is -2.29. The minimum Gasteiger partial charge on any atom is -0.465 e. The van der Waals surface area contributed by atoms with Crippen molar-refractivity contribution in [2.45, 2.75) is 6.92 Å². The van der Waals surface area contributed by atoms with Crippen LogP contribution in [0, 0.1) is 0 Å². The Morgan fingerprint density at radius 2 is 2.05 bits per heavy atom. The smallest absolute Gasteiger partial charge is 0.349 e. The normalized spacial score (nSPS) is 15.4. The molecule has 0 fully saturated rings. The molecular formula is C15H15NO5. The molecule has 1 aliphatic rings. The molecule has 0 N–H and O–H groups in total. The monoisotopic (exact) mass is 289 g/mol. The van der Waals surface area contributed by atoms with Crippen LogP contribution >= 0.6 is 0 Å². The van der Waals surface area contributed by atoms with Crippen LogP contribution in [0.2, 0.25) is 0 Å². The first-order valence-electron chi connectivity index (χ1n) is 6.46. The predicted molar refractivity (Wildman–Crippen MR) is 73.8 cm³/mol. The number of ketones is 1. The molecule has 0 aromatic heterocycles. The van der Waals surface area contributed by atoms with E-state index in [1.165, 1.54) is 11.1 Å². The first-order chi connectivity index (χ1) is 10.0. The van der Waals surface area contributed by atoms with E-state index in [9.17, 15) is 14.4 Å². The number of carbonyl (C=O) groups is 3. The van der Waals surface area contributed by atoms with Crippen LogP contribution in [0.1, 0.15) is 17.3 Å². The maximum atomic E-state index is 12.3. The highest BCUT2D eigenvalue weighted by Crippen LogP contribution is 2.27. The average Bonchev–Trinajstić information content (AvgIpc) is 2.43. The summed E-state index contributed by atoms with van der Waals surface area (Å²) in [7, 11) is 1.57. The van der Waals surface area contributed by atoms with E-state index in [4.69, 9.17) is 9.47 Å². The Labute approximate surface area is 121 Å². The van der Waals surface area contributed by atoms with Crippen LogP contribution in [0.3, 0.4) is 0 Å². The molecule has 6 nitrogen and oxygen atoms in total. The zero-order valence-electron chi connectivity index (χ0n) is 11.8. The van der Waals surface area contributed by atoms with Gasteiger partial charge in [-0.15, -0.1) is 0 Å². The van der Waals surface area contributed by atoms with Gasteiger partial charge in [0.15, 0.2) is 0 Å². The number of ether oxygens (including phenoxy) is 2. The van der Waals surface area contributed by atoms with Crippen molar-refractivity contribution in [3.8, 4) is 5.75 Å². The molecule has 0 spiro atoms. The number of hydrogen-bond donors (Lipinski definition) is 0. The third-order valence-corrected chi connectivity index (χ3v) is 2.83. The molecule has 0 saturated carbocycles. The summed E-state index contributed by atoms with van der Waals surface area (Å²) in [5.74, 6) is -1.33. The highest BCUT2D eigenvalue weighted by atomic mass is 16.5. The van der Waals surface area contributed by atoms with Crippen LogP contribution in [0.5, 0.6) is 5.75 Å². The average molecular weight is 289 g/mol. The number of nitrogens with zero attached hydrogens (tertiary/aromatic N) is 1. The summed E-state index contributed by atoms with van der Waals surface area (Å²) >= 11 is 0. The summed E-state index contributed by atoms with van der Waals surface area (Å²) in [5, 5.41) is 0. The fraction of sp³-hybridized carbons (Fsp3) is 0.267. The number of likely N-dealkylation sites (N-methyl/N-ethyl adjacent to an activating group) is 1. The van der Waals surface area contributed by atoms with Gasteiger partial charge >= 0.3 is 11.9 Å². The molecule has 0 atom stereocenters. The number of hydrogen-bond acceptors (Lipinski definition) is 6. The van der Waals surface area contributed by atoms with Crippen LogP contribution in [0.25, 0.3) is 0 Å². The van der Waals surface area contributed by atoms with Gasteiger partial charge in [0.1, 0.15) is 17.9 Å². The summed E-state index contributed by atoms with van der Waals surface area (Å²) < 4.78 is 9.90. The van der Waals surface area contributed by atoms with E-state index in [-0.39, 0.29) is 24.5 Å². The van der Waals surface area contributed by atoms with Crippen molar-refractivity contribution >= 4 is 17.7 Å². The van der Waals surface area contributed by atoms with Gasteiger partial charge in [-0.25, -0.2) is 4.79 Å². The van der Waals surface area contributed by atoms with Crippen molar-refractivity contribution in [1.82, 2.24) is 4.90 Å². The Hall–Kier alpha value is -2.63. The number of fused-ring (bicyclic) bond motifs is 1. The van der Waals surface area contributed by atoms with Gasteiger partial charge in [-0.3, -0.25) is 9.59 Å². The molecule has 2 rings (SSSR count). The van der Waals surface area contributed by atoms with Gasteiger partial charge in [-0.2, -0.15) is 0 Å². The van der Waals surface area contributed by atoms with E-state index in [1.807, 2.05) is 0 Å². The van der Waals surface area contributed by atoms with Crippen molar-refractivity contribution in [1.29, 1.82) is 0 Å². The van der Waals surface area contributed by atoms with E-state index < -0.39 is 17.7 Å². The van der Waals surface area contributed by atoms with Crippen LogP contribution in [-0.2, 0) is 14.3 Å². The van der Waals surface area contributed by atoms with Crippen LogP contribution in [0.4, 0.5) is 0 Å². The Morgan fingerprint density at radius 1 is 1.33 bits per heavy atom. The molecule has 0 aliphatic carbocycles. The fourth-order valence-electron chi connectivity index (χ4n) is 1.92. The van der Waals surface area contributed by atoms with Gasteiger partial charge in [0.25, 0.3) is 0 Å². The van der Waals surface area contributed by atoms with Crippen molar-refractivity contribution < 1.29 is 23.9 Å². The van der Waals surface area contributed by atoms with Gasteiger partial charge in [-0.05, 0) is 19.1 Å². The van der Waals surface area contributed by atoms with Gasteiger partial charge in [0.05, 0.1) is 12.2 Å². The molecule has 0 bridgehead atoms. The summed E-state index contributed by atoms with van der Waals surface area (Å²) in [5.41, 5.74) is 0.216. The molecule has 110 valence electrons. The molecule has 1 aromatic rings. The van der Waals surface area contributed by atoms with E-state index in [2.05, 4.69) is 0 Å². The van der Waals surface area contributed by atoms with Crippen LogP contribution in [-0.4, -0.2) is 42.8 Å². The van der Waals surface area contributed by atoms with Gasteiger partial charge in [-0.1, -0.05) is 12.1 Å². The quantitative estimate of drug-likeness (QED) is 0.358. The Morgan fingerprint density at radius 3 is 2.76 bits per heavy atom. The molecule has 1 heterocycles. The highest BCUT2D eigenvalue weighted by Gasteiger charge is 2.30. The van der Waals surface area contributed by atoms with Gasteiger partial charge in [0.2, 0.25) is 5.78 Å². The van der Waals surface area contributed by atoms with E-state index in [0.717, 1.165) is 0 Å². The fourth-order valence-corrected chi connectivity index (χ4v) is 1.92. The zero-order chi connectivity index (χ0) is 15.4. The second kappa shape index (κ2) is 6.21. The number of Topliss-reactive ketones (excluding diaryl/α,β-unsaturated/α-hetero) is 1. The lowest BCUT2D eigenvalue weighted by atomic mass is 10.0. The Bertz CT molecular complexity index is 620. The number of rotatable bonds is 4. The number of carbonyl (C=O) groups excluding carboxylic acids is 3. The SMILES string of the molecule is CCOC(=O)CN(C)/C=C1/C(=O)Oc2ccccc2C1=O. The third kappa shape index (κ3) is 3.28. The maximum Gasteiger partial charge on any atom is 0.349 e. The predicted octanol–water partition coefficient (Wildman–Crippen LogP) is 1.17. The molecule has 0 amide bonds. The summed E-state index contributed by atoms with van der Waals surface area (Å²) in [4.78, 5) is 36.9. The lowest BCUT2D eigenvalue weighted by molar-refractivity contribution is -0.143. The standard InChI is InChI=1S/C15H15NO5/c1-3-20-13(17)9-16(2)8-11-14(18)10-6-4-5-7-12(10)21-15(11)19/h4-8H,3,9H2,1-2H3/b11-8+. The lowest BCUT2D eigenvalue weighted by Gasteiger charge is -2.19. The minimum atomic E-state index is -0.727. The largest absolute Gasteiger partial charge is 0.465 e.